The van der Waals surface area contributed by atoms with E-state index in [9.17, 15) is 4.79 Å². The van der Waals surface area contributed by atoms with E-state index in [1.807, 2.05) is 54.6 Å². The molecule has 138 valence electrons. The lowest BCUT2D eigenvalue weighted by atomic mass is 10.1. The molecule has 0 saturated carbocycles. The Labute approximate surface area is 170 Å². The van der Waals surface area contributed by atoms with E-state index in [2.05, 4.69) is 5.32 Å². The summed E-state index contributed by atoms with van der Waals surface area (Å²) in [4.78, 5) is 17.5. The summed E-state index contributed by atoms with van der Waals surface area (Å²) in [5, 5.41) is 4.53. The zero-order valence-corrected chi connectivity index (χ0v) is 16.3. The highest BCUT2D eigenvalue weighted by molar-refractivity contribution is 7.21. The fraction of sp³-hybridized carbons (Fsp3) is 0.0909. The summed E-state index contributed by atoms with van der Waals surface area (Å²) in [6.07, 6.45) is -0.0673. The maximum atomic E-state index is 12.8. The van der Waals surface area contributed by atoms with Gasteiger partial charge >= 0.3 is 0 Å². The van der Waals surface area contributed by atoms with Crippen LogP contribution in [0.15, 0.2) is 66.7 Å². The molecule has 3 aromatic carbocycles. The average Bonchev–Trinajstić information content (AvgIpc) is 3.32. The van der Waals surface area contributed by atoms with Crippen LogP contribution >= 0.6 is 22.9 Å². The number of carbonyl (C=O) groups excluding carboxylic acids is 1. The van der Waals surface area contributed by atoms with Crippen molar-refractivity contribution in [2.24, 2.45) is 0 Å². The van der Waals surface area contributed by atoms with Gasteiger partial charge in [-0.05, 0) is 48.0 Å². The molecule has 6 heteroatoms. The molecule has 1 amide bonds. The number of ether oxygens (including phenoxy) is 1. The van der Waals surface area contributed by atoms with Gasteiger partial charge in [0.15, 0.2) is 6.10 Å². The number of thiazole rings is 1. The first-order valence-electron chi connectivity index (χ1n) is 8.88. The third-order valence-corrected chi connectivity index (χ3v) is 6.00. The molecule has 4 nitrogen and oxygen atoms in total. The molecule has 1 unspecified atom stereocenters. The SMILES string of the molecule is O=C(Nc1ccccc1-c1nc2ccccc2s1)C1Cc2cc(Cl)ccc2O1. The number of nitrogens with one attached hydrogen (secondary N) is 1. The first-order valence-corrected chi connectivity index (χ1v) is 10.1. The summed E-state index contributed by atoms with van der Waals surface area (Å²) < 4.78 is 6.92. The van der Waals surface area contributed by atoms with Crippen molar-refractivity contribution in [2.45, 2.75) is 12.5 Å². The van der Waals surface area contributed by atoms with Gasteiger partial charge in [0.05, 0.1) is 15.9 Å². The van der Waals surface area contributed by atoms with Gasteiger partial charge in [-0.25, -0.2) is 4.98 Å². The quantitative estimate of drug-likeness (QED) is 0.484. The maximum absolute atomic E-state index is 12.8. The van der Waals surface area contributed by atoms with Gasteiger partial charge in [-0.1, -0.05) is 35.9 Å². The van der Waals surface area contributed by atoms with Crippen LogP contribution in [0.5, 0.6) is 5.75 Å². The predicted molar refractivity (Wildman–Crippen MR) is 113 cm³/mol. The molecule has 0 spiro atoms. The topological polar surface area (TPSA) is 51.2 Å². The van der Waals surface area contributed by atoms with Crippen molar-refractivity contribution >= 4 is 44.7 Å². The van der Waals surface area contributed by atoms with Crippen molar-refractivity contribution in [3.63, 3.8) is 0 Å². The summed E-state index contributed by atoms with van der Waals surface area (Å²) >= 11 is 7.65. The van der Waals surface area contributed by atoms with E-state index >= 15 is 0 Å². The number of rotatable bonds is 3. The molecule has 4 aromatic rings. The lowest BCUT2D eigenvalue weighted by Gasteiger charge is -2.13. The molecule has 1 N–H and O–H groups in total. The molecule has 2 heterocycles. The van der Waals surface area contributed by atoms with Gasteiger partial charge in [-0.3, -0.25) is 4.79 Å². The summed E-state index contributed by atoms with van der Waals surface area (Å²) in [5.41, 5.74) is 3.53. The Morgan fingerprint density at radius 1 is 1.11 bits per heavy atom. The third kappa shape index (κ3) is 3.13. The maximum Gasteiger partial charge on any atom is 0.265 e. The lowest BCUT2D eigenvalue weighted by molar-refractivity contribution is -0.122. The first-order chi connectivity index (χ1) is 13.7. The number of para-hydroxylation sites is 2. The van der Waals surface area contributed by atoms with Crippen LogP contribution in [0.2, 0.25) is 5.02 Å². The van der Waals surface area contributed by atoms with Gasteiger partial charge in [0.25, 0.3) is 5.91 Å². The second-order valence-corrected chi connectivity index (χ2v) is 8.05. The van der Waals surface area contributed by atoms with Crippen LogP contribution in [0.1, 0.15) is 5.56 Å². The summed E-state index contributed by atoms with van der Waals surface area (Å²) in [7, 11) is 0. The zero-order valence-electron chi connectivity index (χ0n) is 14.7. The Morgan fingerprint density at radius 3 is 2.82 bits per heavy atom. The van der Waals surface area contributed by atoms with Crippen molar-refractivity contribution in [3.05, 3.63) is 77.3 Å². The third-order valence-electron chi connectivity index (χ3n) is 4.70. The Balaban J connectivity index is 1.41. The number of amides is 1. The number of hydrogen-bond acceptors (Lipinski definition) is 4. The zero-order chi connectivity index (χ0) is 19.1. The van der Waals surface area contributed by atoms with E-state index in [1.54, 1.807) is 23.5 Å². The smallest absolute Gasteiger partial charge is 0.265 e. The average molecular weight is 407 g/mol. The van der Waals surface area contributed by atoms with E-state index in [4.69, 9.17) is 21.3 Å². The number of aromatic nitrogens is 1. The number of anilines is 1. The molecule has 0 radical (unpaired) electrons. The van der Waals surface area contributed by atoms with Gasteiger partial charge in [-0.2, -0.15) is 0 Å². The fourth-order valence-corrected chi connectivity index (χ4v) is 4.54. The van der Waals surface area contributed by atoms with E-state index in [-0.39, 0.29) is 5.91 Å². The van der Waals surface area contributed by atoms with Crippen LogP contribution in [0.25, 0.3) is 20.8 Å². The molecule has 1 aliphatic heterocycles. The van der Waals surface area contributed by atoms with Crippen molar-refractivity contribution in [3.8, 4) is 16.3 Å². The van der Waals surface area contributed by atoms with Crippen molar-refractivity contribution in [1.82, 2.24) is 4.98 Å². The number of carbonyl (C=O) groups is 1. The van der Waals surface area contributed by atoms with Crippen LogP contribution in [0.3, 0.4) is 0 Å². The van der Waals surface area contributed by atoms with E-state index < -0.39 is 6.10 Å². The van der Waals surface area contributed by atoms with Crippen LogP contribution < -0.4 is 10.1 Å². The number of halogens is 1. The van der Waals surface area contributed by atoms with Gasteiger partial charge in [-0.15, -0.1) is 11.3 Å². The molecular weight excluding hydrogens is 392 g/mol. The monoisotopic (exact) mass is 406 g/mol. The second kappa shape index (κ2) is 6.93. The number of nitrogens with zero attached hydrogens (tertiary/aromatic N) is 1. The van der Waals surface area contributed by atoms with Crippen molar-refractivity contribution in [2.75, 3.05) is 5.32 Å². The Hall–Kier alpha value is -2.89. The minimum Gasteiger partial charge on any atom is -0.480 e. The minimum absolute atomic E-state index is 0.180. The Kier molecular flexibility index (Phi) is 4.26. The molecule has 0 fully saturated rings. The largest absolute Gasteiger partial charge is 0.480 e. The predicted octanol–water partition coefficient (Wildman–Crippen LogP) is 5.56. The van der Waals surface area contributed by atoms with Crippen LogP contribution in [-0.4, -0.2) is 17.0 Å². The summed E-state index contributed by atoms with van der Waals surface area (Å²) in [6, 6.07) is 21.1. The highest BCUT2D eigenvalue weighted by Crippen LogP contribution is 2.35. The van der Waals surface area contributed by atoms with E-state index in [0.29, 0.717) is 17.2 Å². The highest BCUT2D eigenvalue weighted by Gasteiger charge is 2.29. The van der Waals surface area contributed by atoms with Gasteiger partial charge in [0, 0.05) is 17.0 Å². The lowest BCUT2D eigenvalue weighted by Crippen LogP contribution is -2.31. The van der Waals surface area contributed by atoms with Crippen LogP contribution in [0.4, 0.5) is 5.69 Å². The van der Waals surface area contributed by atoms with E-state index in [0.717, 1.165) is 32.0 Å². The minimum atomic E-state index is -0.572. The van der Waals surface area contributed by atoms with Gasteiger partial charge in [0.2, 0.25) is 0 Å². The van der Waals surface area contributed by atoms with Crippen molar-refractivity contribution < 1.29 is 9.53 Å². The molecule has 1 aliphatic rings. The van der Waals surface area contributed by atoms with Gasteiger partial charge < -0.3 is 10.1 Å². The fourth-order valence-electron chi connectivity index (χ4n) is 3.34. The number of hydrogen-bond donors (Lipinski definition) is 1. The number of benzene rings is 3. The Morgan fingerprint density at radius 2 is 1.93 bits per heavy atom. The molecule has 0 saturated heterocycles. The normalized spacial score (nSPS) is 15.2. The highest BCUT2D eigenvalue weighted by atomic mass is 35.5. The standard InChI is InChI=1S/C22H15ClN2O2S/c23-14-9-10-18-13(11-14)12-19(27-18)21(26)24-16-6-2-1-5-15(16)22-25-17-7-3-4-8-20(17)28-22/h1-11,19H,12H2,(H,24,26). The first kappa shape index (κ1) is 17.2. The number of fused-ring (bicyclic) bond motifs is 2. The second-order valence-electron chi connectivity index (χ2n) is 6.58. The molecule has 5 rings (SSSR count). The van der Waals surface area contributed by atoms with Crippen LogP contribution in [0, 0.1) is 0 Å². The summed E-state index contributed by atoms with van der Waals surface area (Å²) in [5.74, 6) is 0.532. The Bertz CT molecular complexity index is 1170. The van der Waals surface area contributed by atoms with E-state index in [1.165, 1.54) is 0 Å². The van der Waals surface area contributed by atoms with Crippen molar-refractivity contribution in [1.29, 1.82) is 0 Å². The molecule has 28 heavy (non-hydrogen) atoms. The molecule has 0 bridgehead atoms. The van der Waals surface area contributed by atoms with Crippen LogP contribution in [-0.2, 0) is 11.2 Å². The van der Waals surface area contributed by atoms with Gasteiger partial charge in [0.1, 0.15) is 10.8 Å². The molecular formula is C22H15ClN2O2S. The summed E-state index contributed by atoms with van der Waals surface area (Å²) in [6.45, 7) is 0. The molecule has 1 atom stereocenters. The molecule has 1 aromatic heterocycles. The molecule has 0 aliphatic carbocycles.